The fourth-order valence-corrected chi connectivity index (χ4v) is 3.57. The molecule has 0 saturated carbocycles. The minimum absolute atomic E-state index is 0.00689. The Morgan fingerprint density at radius 2 is 2.04 bits per heavy atom. The molecule has 1 saturated heterocycles. The molecular weight excluding hydrogens is 326 g/mol. The summed E-state index contributed by atoms with van der Waals surface area (Å²) in [6.45, 7) is 10.5. The maximum atomic E-state index is 12.6. The molecule has 0 aliphatic carbocycles. The minimum Gasteiger partial charge on any atom is -0.355 e. The highest BCUT2D eigenvalue weighted by Gasteiger charge is 2.35. The average molecular weight is 360 g/mol. The van der Waals surface area contributed by atoms with Crippen LogP contribution in [0.15, 0.2) is 24.3 Å². The molecule has 2 amide bonds. The highest BCUT2D eigenvalue weighted by Crippen LogP contribution is 2.28. The average Bonchev–Trinajstić information content (AvgIpc) is 2.93. The number of carbonyl (C=O) groups is 2. The van der Waals surface area contributed by atoms with Crippen molar-refractivity contribution >= 4 is 17.5 Å². The highest BCUT2D eigenvalue weighted by atomic mass is 16.2. The Balaban J connectivity index is 1.98. The van der Waals surface area contributed by atoms with E-state index in [1.54, 1.807) is 4.90 Å². The lowest BCUT2D eigenvalue weighted by Gasteiger charge is -2.29. The zero-order valence-corrected chi connectivity index (χ0v) is 17.0. The Bertz CT molecular complexity index is 652. The van der Waals surface area contributed by atoms with E-state index in [1.807, 2.05) is 26.2 Å². The first kappa shape index (κ1) is 20.4. The Morgan fingerprint density at radius 1 is 1.35 bits per heavy atom. The van der Waals surface area contributed by atoms with Crippen LogP contribution in [0.2, 0.25) is 0 Å². The van der Waals surface area contributed by atoms with Crippen LogP contribution in [0.5, 0.6) is 0 Å². The molecule has 0 spiro atoms. The van der Waals surface area contributed by atoms with Gasteiger partial charge < -0.3 is 15.1 Å². The molecule has 0 unspecified atom stereocenters. The van der Waals surface area contributed by atoms with Crippen molar-refractivity contribution in [3.63, 3.8) is 0 Å². The molecule has 1 aromatic carbocycles. The van der Waals surface area contributed by atoms with Gasteiger partial charge in [0.2, 0.25) is 11.8 Å². The second kappa shape index (κ2) is 8.21. The number of benzene rings is 1. The molecule has 1 heterocycles. The third kappa shape index (κ3) is 5.31. The Labute approximate surface area is 157 Å². The monoisotopic (exact) mass is 359 g/mol. The van der Waals surface area contributed by atoms with E-state index >= 15 is 0 Å². The van der Waals surface area contributed by atoms with Crippen LogP contribution in [0.3, 0.4) is 0 Å². The maximum absolute atomic E-state index is 12.6. The van der Waals surface area contributed by atoms with E-state index in [0.29, 0.717) is 19.0 Å². The van der Waals surface area contributed by atoms with Crippen molar-refractivity contribution in [1.29, 1.82) is 0 Å². The van der Waals surface area contributed by atoms with Crippen molar-refractivity contribution in [3.8, 4) is 0 Å². The molecule has 0 radical (unpaired) electrons. The molecule has 1 aliphatic heterocycles. The zero-order valence-electron chi connectivity index (χ0n) is 17.0. The van der Waals surface area contributed by atoms with Gasteiger partial charge in [0, 0.05) is 31.7 Å². The summed E-state index contributed by atoms with van der Waals surface area (Å²) in [6.07, 6.45) is 0.284. The van der Waals surface area contributed by atoms with Crippen LogP contribution in [0.4, 0.5) is 5.69 Å². The van der Waals surface area contributed by atoms with Gasteiger partial charge in [0.15, 0.2) is 0 Å². The summed E-state index contributed by atoms with van der Waals surface area (Å²) in [5.41, 5.74) is 2.09. The molecule has 144 valence electrons. The van der Waals surface area contributed by atoms with E-state index in [-0.39, 0.29) is 29.6 Å². The number of hydrogen-bond acceptors (Lipinski definition) is 3. The molecule has 1 aliphatic rings. The summed E-state index contributed by atoms with van der Waals surface area (Å²) in [6, 6.07) is 8.06. The van der Waals surface area contributed by atoms with E-state index in [1.165, 1.54) is 5.56 Å². The van der Waals surface area contributed by atoms with E-state index in [2.05, 4.69) is 50.0 Å². The lowest BCUT2D eigenvalue weighted by atomic mass is 9.92. The fraction of sp³-hybridized carbons (Fsp3) is 0.619. The summed E-state index contributed by atoms with van der Waals surface area (Å²) < 4.78 is 0. The van der Waals surface area contributed by atoms with Crippen molar-refractivity contribution in [3.05, 3.63) is 29.8 Å². The number of nitrogens with one attached hydrogen (secondary N) is 1. The SMILES string of the molecule is CC(C)c1cccc(N2C[C@@H](C(=O)NCC(C)(C)CN(C)C)CC2=O)c1. The second-order valence-electron chi connectivity index (χ2n) is 8.77. The first-order valence-electron chi connectivity index (χ1n) is 9.42. The predicted molar refractivity (Wildman–Crippen MR) is 106 cm³/mol. The van der Waals surface area contributed by atoms with E-state index in [4.69, 9.17) is 0 Å². The van der Waals surface area contributed by atoms with Crippen molar-refractivity contribution in [1.82, 2.24) is 10.2 Å². The van der Waals surface area contributed by atoms with E-state index < -0.39 is 0 Å². The third-order valence-electron chi connectivity index (χ3n) is 4.83. The maximum Gasteiger partial charge on any atom is 0.227 e. The predicted octanol–water partition coefficient (Wildman–Crippen LogP) is 2.87. The van der Waals surface area contributed by atoms with Crippen LogP contribution < -0.4 is 10.2 Å². The number of hydrogen-bond donors (Lipinski definition) is 1. The smallest absolute Gasteiger partial charge is 0.227 e. The van der Waals surface area contributed by atoms with Gasteiger partial charge in [0.05, 0.1) is 5.92 Å². The second-order valence-corrected chi connectivity index (χ2v) is 8.77. The number of rotatable bonds is 7. The number of nitrogens with zero attached hydrogens (tertiary/aromatic N) is 2. The normalized spacial score (nSPS) is 18.1. The van der Waals surface area contributed by atoms with Gasteiger partial charge in [-0.3, -0.25) is 9.59 Å². The van der Waals surface area contributed by atoms with Gasteiger partial charge in [-0.15, -0.1) is 0 Å². The van der Waals surface area contributed by atoms with Crippen LogP contribution >= 0.6 is 0 Å². The van der Waals surface area contributed by atoms with Crippen LogP contribution in [0.1, 0.15) is 45.6 Å². The number of carbonyl (C=O) groups excluding carboxylic acids is 2. The van der Waals surface area contributed by atoms with Crippen molar-refractivity contribution in [2.24, 2.45) is 11.3 Å². The molecular formula is C21H33N3O2. The summed E-state index contributed by atoms with van der Waals surface area (Å²) in [5, 5.41) is 3.05. The van der Waals surface area contributed by atoms with Gasteiger partial charge in [-0.2, -0.15) is 0 Å². The van der Waals surface area contributed by atoms with Gasteiger partial charge >= 0.3 is 0 Å². The van der Waals surface area contributed by atoms with E-state index in [0.717, 1.165) is 12.2 Å². The quantitative estimate of drug-likeness (QED) is 0.814. The van der Waals surface area contributed by atoms with Crippen LogP contribution in [-0.4, -0.2) is 50.4 Å². The molecule has 0 aromatic heterocycles. The molecule has 26 heavy (non-hydrogen) atoms. The van der Waals surface area contributed by atoms with Gasteiger partial charge in [-0.25, -0.2) is 0 Å². The number of amides is 2. The lowest BCUT2D eigenvalue weighted by molar-refractivity contribution is -0.126. The zero-order chi connectivity index (χ0) is 19.5. The van der Waals surface area contributed by atoms with Crippen molar-refractivity contribution in [2.45, 2.75) is 40.0 Å². The van der Waals surface area contributed by atoms with Crippen LogP contribution in [0, 0.1) is 11.3 Å². The van der Waals surface area contributed by atoms with Gasteiger partial charge in [-0.05, 0) is 43.1 Å². The van der Waals surface area contributed by atoms with Crippen LogP contribution in [0.25, 0.3) is 0 Å². The Morgan fingerprint density at radius 3 is 2.65 bits per heavy atom. The van der Waals surface area contributed by atoms with Gasteiger partial charge in [-0.1, -0.05) is 39.8 Å². The van der Waals surface area contributed by atoms with Crippen molar-refractivity contribution in [2.75, 3.05) is 38.6 Å². The molecule has 1 fully saturated rings. The minimum atomic E-state index is -0.277. The topological polar surface area (TPSA) is 52.7 Å². The summed E-state index contributed by atoms with van der Waals surface area (Å²) >= 11 is 0. The fourth-order valence-electron chi connectivity index (χ4n) is 3.57. The standard InChI is InChI=1S/C21H33N3O2/c1-15(2)16-8-7-9-18(10-16)24-12-17(11-19(24)25)20(26)22-13-21(3,4)14-23(5)6/h7-10,15,17H,11-14H2,1-6H3,(H,22,26)/t17-/m0/s1. The molecule has 1 N–H and O–H groups in total. The molecule has 2 rings (SSSR count). The van der Waals surface area contributed by atoms with Crippen molar-refractivity contribution < 1.29 is 9.59 Å². The molecule has 5 nitrogen and oxygen atoms in total. The summed E-state index contributed by atoms with van der Waals surface area (Å²) in [4.78, 5) is 28.9. The van der Waals surface area contributed by atoms with E-state index in [9.17, 15) is 9.59 Å². The lowest BCUT2D eigenvalue weighted by Crippen LogP contribution is -2.42. The summed E-state index contributed by atoms with van der Waals surface area (Å²) in [5.74, 6) is 0.136. The molecule has 1 atom stereocenters. The first-order valence-corrected chi connectivity index (χ1v) is 9.42. The molecule has 0 bridgehead atoms. The molecule has 5 heteroatoms. The van der Waals surface area contributed by atoms with Gasteiger partial charge in [0.1, 0.15) is 0 Å². The largest absolute Gasteiger partial charge is 0.355 e. The summed E-state index contributed by atoms with van der Waals surface area (Å²) in [7, 11) is 4.06. The highest BCUT2D eigenvalue weighted by molar-refractivity contribution is 6.00. The number of anilines is 1. The first-order chi connectivity index (χ1) is 12.1. The van der Waals surface area contributed by atoms with Crippen LogP contribution in [-0.2, 0) is 9.59 Å². The Hall–Kier alpha value is -1.88. The van der Waals surface area contributed by atoms with Gasteiger partial charge in [0.25, 0.3) is 0 Å². The Kier molecular flexibility index (Phi) is 6.45. The third-order valence-corrected chi connectivity index (χ3v) is 4.83. The molecule has 1 aromatic rings.